The molecule has 76 valence electrons. The summed E-state index contributed by atoms with van der Waals surface area (Å²) < 4.78 is 4.97. The SMILES string of the molecule is C=CC[P+](C)(C)CCOCC(=O)O. The van der Waals surface area contributed by atoms with Crippen LogP contribution in [-0.4, -0.2) is 49.9 Å². The van der Waals surface area contributed by atoms with Crippen molar-refractivity contribution in [2.75, 3.05) is 38.9 Å². The van der Waals surface area contributed by atoms with Crippen molar-refractivity contribution < 1.29 is 14.6 Å². The van der Waals surface area contributed by atoms with E-state index in [0.717, 1.165) is 12.3 Å². The third kappa shape index (κ3) is 7.94. The Morgan fingerprint density at radius 1 is 1.62 bits per heavy atom. The van der Waals surface area contributed by atoms with Crippen LogP contribution in [0.15, 0.2) is 12.7 Å². The van der Waals surface area contributed by atoms with Crippen LogP contribution in [0.1, 0.15) is 0 Å². The first-order valence-electron chi connectivity index (χ1n) is 4.20. The molecule has 0 radical (unpaired) electrons. The summed E-state index contributed by atoms with van der Waals surface area (Å²) in [7, 11) is -0.938. The van der Waals surface area contributed by atoms with Crippen LogP contribution >= 0.6 is 7.26 Å². The highest BCUT2D eigenvalue weighted by Gasteiger charge is 2.22. The van der Waals surface area contributed by atoms with Crippen LogP contribution in [0.5, 0.6) is 0 Å². The van der Waals surface area contributed by atoms with Gasteiger partial charge in [0.05, 0.1) is 18.9 Å². The second-order valence-corrected chi connectivity index (χ2v) is 8.26. The van der Waals surface area contributed by atoms with E-state index >= 15 is 0 Å². The van der Waals surface area contributed by atoms with E-state index in [9.17, 15) is 4.79 Å². The van der Waals surface area contributed by atoms with Gasteiger partial charge in [0.1, 0.15) is 6.61 Å². The quantitative estimate of drug-likeness (QED) is 0.389. The summed E-state index contributed by atoms with van der Waals surface area (Å²) in [5.74, 6) is -0.903. The fourth-order valence-electron chi connectivity index (χ4n) is 0.912. The highest BCUT2D eigenvalue weighted by molar-refractivity contribution is 7.74. The lowest BCUT2D eigenvalue weighted by Crippen LogP contribution is -2.12. The fraction of sp³-hybridized carbons (Fsp3) is 0.667. The van der Waals surface area contributed by atoms with Gasteiger partial charge < -0.3 is 9.84 Å². The molecule has 0 rings (SSSR count). The van der Waals surface area contributed by atoms with E-state index in [1.165, 1.54) is 0 Å². The van der Waals surface area contributed by atoms with E-state index in [1.54, 1.807) is 0 Å². The predicted octanol–water partition coefficient (Wildman–Crippen LogP) is 1.55. The number of carboxylic acid groups (broad SMARTS) is 1. The van der Waals surface area contributed by atoms with E-state index in [-0.39, 0.29) is 6.61 Å². The van der Waals surface area contributed by atoms with Crippen LogP contribution in [0.2, 0.25) is 0 Å². The maximum absolute atomic E-state index is 10.1. The molecule has 0 aromatic rings. The van der Waals surface area contributed by atoms with Crippen LogP contribution in [0.25, 0.3) is 0 Å². The number of ether oxygens (including phenoxy) is 1. The van der Waals surface area contributed by atoms with Crippen molar-refractivity contribution in [2.24, 2.45) is 0 Å². The van der Waals surface area contributed by atoms with Gasteiger partial charge in [0, 0.05) is 20.6 Å². The lowest BCUT2D eigenvalue weighted by molar-refractivity contribution is -0.141. The Morgan fingerprint density at radius 2 is 2.23 bits per heavy atom. The summed E-state index contributed by atoms with van der Waals surface area (Å²) in [6.45, 7) is 8.49. The molecule has 0 saturated carbocycles. The Bertz CT molecular complexity index is 178. The molecule has 0 amide bonds. The molecule has 0 aromatic carbocycles. The number of allylic oxidation sites excluding steroid dienone is 1. The normalized spacial score (nSPS) is 11.2. The molecule has 0 atom stereocenters. The Kier molecular flexibility index (Phi) is 5.93. The Hall–Kier alpha value is -0.400. The van der Waals surface area contributed by atoms with Gasteiger partial charge in [-0.2, -0.15) is 0 Å². The van der Waals surface area contributed by atoms with Gasteiger partial charge in [0.2, 0.25) is 0 Å². The number of aliphatic carboxylic acids is 1. The van der Waals surface area contributed by atoms with Crippen molar-refractivity contribution in [3.8, 4) is 0 Å². The predicted molar refractivity (Wildman–Crippen MR) is 57.2 cm³/mol. The number of hydrogen-bond acceptors (Lipinski definition) is 2. The van der Waals surface area contributed by atoms with Gasteiger partial charge in [-0.25, -0.2) is 4.79 Å². The molecule has 0 aromatic heterocycles. The zero-order valence-corrected chi connectivity index (χ0v) is 9.22. The lowest BCUT2D eigenvalue weighted by Gasteiger charge is -2.15. The molecule has 0 fully saturated rings. The van der Waals surface area contributed by atoms with Crippen LogP contribution in [0.4, 0.5) is 0 Å². The topological polar surface area (TPSA) is 46.5 Å². The fourth-order valence-corrected chi connectivity index (χ4v) is 2.42. The number of carbonyl (C=O) groups is 1. The standard InChI is InChI=1S/C9H17O3P/c1-4-6-13(2,3)7-5-12-8-9(10)11/h4H,1,5-8H2,2-3H3/p+1. The maximum atomic E-state index is 10.1. The first kappa shape index (κ1) is 12.6. The van der Waals surface area contributed by atoms with Crippen LogP contribution < -0.4 is 0 Å². The molecule has 13 heavy (non-hydrogen) atoms. The van der Waals surface area contributed by atoms with Crippen molar-refractivity contribution in [3.05, 3.63) is 12.7 Å². The Morgan fingerprint density at radius 3 is 2.69 bits per heavy atom. The van der Waals surface area contributed by atoms with Crippen molar-refractivity contribution in [3.63, 3.8) is 0 Å². The summed E-state index contributed by atoms with van der Waals surface area (Å²) in [4.78, 5) is 10.1. The van der Waals surface area contributed by atoms with E-state index in [1.807, 2.05) is 6.08 Å². The van der Waals surface area contributed by atoms with Gasteiger partial charge in [-0.15, -0.1) is 0 Å². The Labute approximate surface area is 80.1 Å². The molecule has 0 aliphatic rings. The highest BCUT2D eigenvalue weighted by Crippen LogP contribution is 2.50. The summed E-state index contributed by atoms with van der Waals surface area (Å²) in [6, 6.07) is 0. The molecule has 0 unspecified atom stereocenters. The first-order valence-corrected chi connectivity index (χ1v) is 7.26. The minimum absolute atomic E-state index is 0.186. The molecule has 0 aliphatic carbocycles. The van der Waals surface area contributed by atoms with Gasteiger partial charge in [-0.1, -0.05) is 12.7 Å². The monoisotopic (exact) mass is 205 g/mol. The van der Waals surface area contributed by atoms with Gasteiger partial charge in [-0.05, 0) is 0 Å². The molecular formula is C9H18O3P+. The number of hydrogen-bond donors (Lipinski definition) is 1. The number of carboxylic acids is 1. The highest BCUT2D eigenvalue weighted by atomic mass is 31.2. The minimum Gasteiger partial charge on any atom is -0.480 e. The molecule has 0 bridgehead atoms. The smallest absolute Gasteiger partial charge is 0.329 e. The molecular weight excluding hydrogens is 187 g/mol. The Balaban J connectivity index is 3.51. The van der Waals surface area contributed by atoms with Gasteiger partial charge in [-0.3, -0.25) is 0 Å². The molecule has 1 N–H and O–H groups in total. The van der Waals surface area contributed by atoms with Crippen molar-refractivity contribution in [1.29, 1.82) is 0 Å². The molecule has 0 spiro atoms. The first-order chi connectivity index (χ1) is 5.98. The van der Waals surface area contributed by atoms with Crippen molar-refractivity contribution in [2.45, 2.75) is 0 Å². The molecule has 0 saturated heterocycles. The maximum Gasteiger partial charge on any atom is 0.329 e. The number of rotatable bonds is 7. The average molecular weight is 205 g/mol. The van der Waals surface area contributed by atoms with E-state index in [4.69, 9.17) is 9.84 Å². The van der Waals surface area contributed by atoms with Gasteiger partial charge in [0.25, 0.3) is 0 Å². The summed E-state index contributed by atoms with van der Waals surface area (Å²) in [6.07, 6.45) is 3.92. The largest absolute Gasteiger partial charge is 0.480 e. The van der Waals surface area contributed by atoms with Crippen molar-refractivity contribution >= 4 is 13.2 Å². The lowest BCUT2D eigenvalue weighted by atomic mass is 10.7. The average Bonchev–Trinajstić information content (AvgIpc) is 1.98. The van der Waals surface area contributed by atoms with E-state index in [2.05, 4.69) is 19.9 Å². The van der Waals surface area contributed by atoms with Crippen LogP contribution in [-0.2, 0) is 9.53 Å². The minimum atomic E-state index is -0.938. The molecule has 3 nitrogen and oxygen atoms in total. The van der Waals surface area contributed by atoms with Crippen molar-refractivity contribution in [1.82, 2.24) is 0 Å². The van der Waals surface area contributed by atoms with Crippen LogP contribution in [0, 0.1) is 0 Å². The second kappa shape index (κ2) is 6.11. The second-order valence-electron chi connectivity index (χ2n) is 3.58. The molecule has 0 heterocycles. The summed E-state index contributed by atoms with van der Waals surface area (Å²) in [5.41, 5.74) is 0. The zero-order valence-electron chi connectivity index (χ0n) is 8.32. The van der Waals surface area contributed by atoms with Crippen LogP contribution in [0.3, 0.4) is 0 Å². The zero-order chi connectivity index (χ0) is 10.3. The molecule has 0 aliphatic heterocycles. The third-order valence-electron chi connectivity index (χ3n) is 1.69. The van der Waals surface area contributed by atoms with Gasteiger partial charge >= 0.3 is 5.97 Å². The third-order valence-corrected chi connectivity index (χ3v) is 4.33. The summed E-state index contributed by atoms with van der Waals surface area (Å²) in [5, 5.41) is 8.31. The van der Waals surface area contributed by atoms with Gasteiger partial charge in [0.15, 0.2) is 0 Å². The summed E-state index contributed by atoms with van der Waals surface area (Å²) >= 11 is 0. The van der Waals surface area contributed by atoms with E-state index in [0.29, 0.717) is 6.61 Å². The van der Waals surface area contributed by atoms with E-state index < -0.39 is 13.2 Å². The molecule has 4 heteroatoms.